The number of methoxy groups -OCH3 is 1. The Morgan fingerprint density at radius 2 is 1.57 bits per heavy atom. The van der Waals surface area contributed by atoms with Crippen molar-refractivity contribution in [3.05, 3.63) is 100 Å². The Morgan fingerprint density at radius 1 is 0.950 bits per heavy atom. The summed E-state index contributed by atoms with van der Waals surface area (Å²) in [4.78, 5) is 13.0. The summed E-state index contributed by atoms with van der Waals surface area (Å²) < 4.78 is 78.7. The molecule has 0 saturated carbocycles. The molecule has 0 amide bonds. The molecule has 0 spiro atoms. The lowest BCUT2D eigenvalue weighted by atomic mass is 10.1. The van der Waals surface area contributed by atoms with Gasteiger partial charge in [-0.05, 0) is 47.5 Å². The number of hydrogen-bond donors (Lipinski definition) is 0. The van der Waals surface area contributed by atoms with E-state index in [9.17, 15) is 26.4 Å². The predicted octanol–water partition coefficient (Wildman–Crippen LogP) is 5.41. The molecular weight excluding hydrogens is 569 g/mol. The Hall–Kier alpha value is -2.96. The molecule has 0 radical (unpaired) electrons. The Balaban J connectivity index is 1.44. The maximum Gasteiger partial charge on any atom is 0.417 e. The summed E-state index contributed by atoms with van der Waals surface area (Å²) >= 11 is 6.06. The summed E-state index contributed by atoms with van der Waals surface area (Å²) in [5.41, 5.74) is 0.954. The fraction of sp³-hybridized carbons (Fsp3) is 0.321. The summed E-state index contributed by atoms with van der Waals surface area (Å²) in [7, 11) is -3.02. The number of alkyl halides is 3. The largest absolute Gasteiger partial charge is 0.465 e. The van der Waals surface area contributed by atoms with Gasteiger partial charge in [-0.15, -0.1) is 0 Å². The zero-order valence-corrected chi connectivity index (χ0v) is 23.2. The van der Waals surface area contributed by atoms with Crippen molar-refractivity contribution in [2.75, 3.05) is 39.8 Å². The highest BCUT2D eigenvalue weighted by Crippen LogP contribution is 2.35. The second-order valence-corrected chi connectivity index (χ2v) is 11.6. The first-order valence-electron chi connectivity index (χ1n) is 12.4. The molecule has 3 aromatic carbocycles. The third kappa shape index (κ3) is 7.21. The molecule has 1 atom stereocenters. The van der Waals surface area contributed by atoms with Gasteiger partial charge in [-0.2, -0.15) is 17.5 Å². The van der Waals surface area contributed by atoms with E-state index in [0.717, 1.165) is 27.6 Å². The summed E-state index contributed by atoms with van der Waals surface area (Å²) in [5.74, 6) is -0.436. The maximum absolute atomic E-state index is 13.5. The van der Waals surface area contributed by atoms with Crippen molar-refractivity contribution in [3.8, 4) is 0 Å². The molecule has 3 aromatic rings. The van der Waals surface area contributed by atoms with Crippen LogP contribution in [0.4, 0.5) is 13.2 Å². The maximum atomic E-state index is 13.5. The van der Waals surface area contributed by atoms with Crippen molar-refractivity contribution in [2.45, 2.75) is 23.8 Å². The van der Waals surface area contributed by atoms with Gasteiger partial charge in [-0.3, -0.25) is 4.90 Å². The first kappa shape index (κ1) is 30.0. The van der Waals surface area contributed by atoms with E-state index in [-0.39, 0.29) is 19.7 Å². The van der Waals surface area contributed by atoms with Crippen LogP contribution in [0.2, 0.25) is 5.02 Å². The lowest BCUT2D eigenvalue weighted by molar-refractivity contribution is -0.139. The average molecular weight is 597 g/mol. The zero-order chi connectivity index (χ0) is 28.9. The summed E-state index contributed by atoms with van der Waals surface area (Å²) in [6.07, 6.45) is -5.18. The Bertz CT molecular complexity index is 1410. The number of nitrogens with zero attached hydrogens (tertiary/aromatic N) is 2. The van der Waals surface area contributed by atoms with Crippen molar-refractivity contribution in [1.82, 2.24) is 9.21 Å². The van der Waals surface area contributed by atoms with Crippen LogP contribution in [0.3, 0.4) is 0 Å². The topological polar surface area (TPSA) is 76.2 Å². The minimum atomic E-state index is -4.78. The van der Waals surface area contributed by atoms with Gasteiger partial charge in [0.1, 0.15) is 0 Å². The van der Waals surface area contributed by atoms with Gasteiger partial charge < -0.3 is 9.47 Å². The van der Waals surface area contributed by atoms with Gasteiger partial charge in [0, 0.05) is 37.7 Å². The van der Waals surface area contributed by atoms with E-state index < -0.39 is 38.7 Å². The van der Waals surface area contributed by atoms with Gasteiger partial charge in [-0.25, -0.2) is 13.2 Å². The molecule has 214 valence electrons. The van der Waals surface area contributed by atoms with Crippen LogP contribution >= 0.6 is 11.6 Å². The highest BCUT2D eigenvalue weighted by Gasteiger charge is 2.39. The third-order valence-electron chi connectivity index (χ3n) is 6.63. The average Bonchev–Trinajstić information content (AvgIpc) is 2.95. The lowest BCUT2D eigenvalue weighted by Gasteiger charge is -2.36. The SMILES string of the molecule is COC(=O)c1ccc(COC(CN2CCN(S(=O)(=O)c3ccccc3C(F)(F)F)CC2)c2ccc(Cl)cc2)cc1. The summed E-state index contributed by atoms with van der Waals surface area (Å²) in [6, 6.07) is 18.3. The number of halogens is 4. The standard InChI is InChI=1S/C28H28ClF3N2O5S/c1-38-27(35)22-8-6-20(7-9-22)19-39-25(21-10-12-23(29)13-11-21)18-33-14-16-34(17-15-33)40(36,37)26-5-3-2-4-24(26)28(30,31)32/h2-13,25H,14-19H2,1H3. The fourth-order valence-corrected chi connectivity index (χ4v) is 6.20. The van der Waals surface area contributed by atoms with Crippen LogP contribution in [0.15, 0.2) is 77.7 Å². The zero-order valence-electron chi connectivity index (χ0n) is 21.6. The minimum Gasteiger partial charge on any atom is -0.465 e. The molecule has 1 fully saturated rings. The van der Waals surface area contributed by atoms with Gasteiger partial charge in [0.2, 0.25) is 10.0 Å². The summed E-state index contributed by atoms with van der Waals surface area (Å²) in [5, 5.41) is 0.568. The quantitative estimate of drug-likeness (QED) is 0.308. The van der Waals surface area contributed by atoms with Crippen molar-refractivity contribution in [1.29, 1.82) is 0 Å². The molecular formula is C28H28ClF3N2O5S. The molecule has 7 nitrogen and oxygen atoms in total. The minimum absolute atomic E-state index is 0.0385. The molecule has 40 heavy (non-hydrogen) atoms. The number of hydrogen-bond acceptors (Lipinski definition) is 6. The van der Waals surface area contributed by atoms with E-state index in [4.69, 9.17) is 21.1 Å². The molecule has 0 aromatic heterocycles. The van der Waals surface area contributed by atoms with E-state index >= 15 is 0 Å². The van der Waals surface area contributed by atoms with Crippen molar-refractivity contribution < 1.29 is 35.9 Å². The van der Waals surface area contributed by atoms with Gasteiger partial charge in [-0.1, -0.05) is 48.0 Å². The van der Waals surface area contributed by atoms with Crippen LogP contribution in [0, 0.1) is 0 Å². The lowest BCUT2D eigenvalue weighted by Crippen LogP contribution is -2.49. The Kier molecular flexibility index (Phi) is 9.52. The number of ether oxygens (including phenoxy) is 2. The molecule has 1 unspecified atom stereocenters. The molecule has 0 aliphatic carbocycles. The number of sulfonamides is 1. The predicted molar refractivity (Wildman–Crippen MR) is 143 cm³/mol. The van der Waals surface area contributed by atoms with E-state index in [1.54, 1.807) is 36.4 Å². The number of benzene rings is 3. The van der Waals surface area contributed by atoms with E-state index in [2.05, 4.69) is 0 Å². The first-order chi connectivity index (χ1) is 19.0. The highest BCUT2D eigenvalue weighted by atomic mass is 35.5. The van der Waals surface area contributed by atoms with Crippen molar-refractivity contribution in [2.24, 2.45) is 0 Å². The van der Waals surface area contributed by atoms with Gasteiger partial charge >= 0.3 is 12.1 Å². The number of esters is 1. The number of piperazine rings is 1. The molecule has 12 heteroatoms. The normalized spacial score (nSPS) is 16.0. The van der Waals surface area contributed by atoms with Gasteiger partial charge in [0.25, 0.3) is 0 Å². The molecule has 1 aliphatic heterocycles. The van der Waals surface area contributed by atoms with Crippen molar-refractivity contribution in [3.63, 3.8) is 0 Å². The number of carbonyl (C=O) groups is 1. The van der Waals surface area contributed by atoms with Crippen LogP contribution in [-0.4, -0.2) is 63.4 Å². The van der Waals surface area contributed by atoms with E-state index in [0.29, 0.717) is 30.2 Å². The van der Waals surface area contributed by atoms with Gasteiger partial charge in [0.05, 0.1) is 35.8 Å². The fourth-order valence-electron chi connectivity index (χ4n) is 4.44. The van der Waals surface area contributed by atoms with Crippen molar-refractivity contribution >= 4 is 27.6 Å². The smallest absolute Gasteiger partial charge is 0.417 e. The number of rotatable bonds is 9. The molecule has 1 heterocycles. The van der Waals surface area contributed by atoms with Crippen LogP contribution in [0.5, 0.6) is 0 Å². The second kappa shape index (κ2) is 12.7. The van der Waals surface area contributed by atoms with E-state index in [1.807, 2.05) is 17.0 Å². The van der Waals surface area contributed by atoms with Crippen LogP contribution in [-0.2, 0) is 32.3 Å². The van der Waals surface area contributed by atoms with Crippen LogP contribution in [0.1, 0.15) is 33.2 Å². The van der Waals surface area contributed by atoms with Crippen LogP contribution < -0.4 is 0 Å². The molecule has 0 bridgehead atoms. The first-order valence-corrected chi connectivity index (χ1v) is 14.2. The van der Waals surface area contributed by atoms with E-state index in [1.165, 1.54) is 19.2 Å². The highest BCUT2D eigenvalue weighted by molar-refractivity contribution is 7.89. The van der Waals surface area contributed by atoms with Crippen LogP contribution in [0.25, 0.3) is 0 Å². The second-order valence-electron chi connectivity index (χ2n) is 9.24. The Labute approximate surface area is 236 Å². The molecule has 1 saturated heterocycles. The number of carbonyl (C=O) groups excluding carboxylic acids is 1. The summed E-state index contributed by atoms with van der Waals surface area (Å²) in [6.45, 7) is 1.38. The Morgan fingerprint density at radius 3 is 2.17 bits per heavy atom. The van der Waals surface area contributed by atoms with Gasteiger partial charge in [0.15, 0.2) is 0 Å². The third-order valence-corrected chi connectivity index (χ3v) is 8.84. The molecule has 1 aliphatic rings. The molecule has 0 N–H and O–H groups in total. The molecule has 4 rings (SSSR count). The monoisotopic (exact) mass is 596 g/mol.